The molecule has 2 aromatic carbocycles. The Morgan fingerprint density at radius 3 is 2.55 bits per heavy atom. The van der Waals surface area contributed by atoms with Crippen molar-refractivity contribution in [3.63, 3.8) is 0 Å². The lowest BCUT2D eigenvalue weighted by atomic mass is 9.86. The lowest BCUT2D eigenvalue weighted by molar-refractivity contribution is -0.146. The van der Waals surface area contributed by atoms with Crippen molar-refractivity contribution < 1.29 is 31.5 Å². The van der Waals surface area contributed by atoms with Crippen LogP contribution in [0, 0.1) is 6.92 Å². The third-order valence-electron chi connectivity index (χ3n) is 8.92. The molecule has 12 heteroatoms. The molecule has 2 aromatic heterocycles. The molecule has 2 aliphatic rings. The van der Waals surface area contributed by atoms with Crippen LogP contribution in [-0.2, 0) is 28.7 Å². The minimum absolute atomic E-state index is 0.0276. The fraction of sp³-hybridized carbons (Fsp3) is 0.469. The summed E-state index contributed by atoms with van der Waals surface area (Å²) in [6.45, 7) is 7.36. The predicted molar refractivity (Wildman–Crippen MR) is 155 cm³/mol. The molecule has 0 saturated carbocycles. The summed E-state index contributed by atoms with van der Waals surface area (Å²) < 4.78 is 80.7. The van der Waals surface area contributed by atoms with E-state index in [1.54, 1.807) is 42.7 Å². The van der Waals surface area contributed by atoms with E-state index in [-0.39, 0.29) is 42.1 Å². The summed E-state index contributed by atoms with van der Waals surface area (Å²) in [5, 5.41) is 4.34. The number of fused-ring (bicyclic) bond motifs is 2. The van der Waals surface area contributed by atoms with Gasteiger partial charge >= 0.3 is 12.1 Å². The highest BCUT2D eigenvalue weighted by molar-refractivity contribution is 5.92. The van der Waals surface area contributed by atoms with E-state index < -0.39 is 36.1 Å². The van der Waals surface area contributed by atoms with E-state index in [0.717, 1.165) is 29.4 Å². The molecule has 6 rings (SSSR count). The number of hydrogen-bond donors (Lipinski definition) is 0. The van der Waals surface area contributed by atoms with Gasteiger partial charge in [-0.2, -0.15) is 18.3 Å². The zero-order valence-corrected chi connectivity index (χ0v) is 24.7. The van der Waals surface area contributed by atoms with Gasteiger partial charge in [0.1, 0.15) is 12.3 Å². The minimum Gasteiger partial charge on any atom is -0.464 e. The molecule has 1 unspecified atom stereocenters. The molecule has 234 valence electrons. The topological polar surface area (TPSA) is 65.2 Å². The number of rotatable bonds is 7. The van der Waals surface area contributed by atoms with E-state index in [4.69, 9.17) is 4.74 Å². The first-order valence-electron chi connectivity index (χ1n) is 14.9. The number of piperidine rings is 1. The Morgan fingerprint density at radius 1 is 1.14 bits per heavy atom. The number of ether oxygens (including phenoxy) is 1. The van der Waals surface area contributed by atoms with Gasteiger partial charge in [-0.3, -0.25) is 4.68 Å². The Balaban J connectivity index is 1.43. The number of halogens is 5. The molecule has 7 nitrogen and oxygen atoms in total. The van der Waals surface area contributed by atoms with Gasteiger partial charge in [-0.1, -0.05) is 31.2 Å². The van der Waals surface area contributed by atoms with E-state index in [9.17, 15) is 26.7 Å². The van der Waals surface area contributed by atoms with Crippen molar-refractivity contribution in [3.05, 3.63) is 70.9 Å². The summed E-state index contributed by atoms with van der Waals surface area (Å²) in [5.74, 6) is -1.02. The Labute approximate surface area is 251 Å². The van der Waals surface area contributed by atoms with Crippen molar-refractivity contribution in [3.8, 4) is 11.1 Å². The van der Waals surface area contributed by atoms with E-state index in [1.807, 2.05) is 6.92 Å². The molecule has 0 aliphatic carbocycles. The molecule has 44 heavy (non-hydrogen) atoms. The van der Waals surface area contributed by atoms with Crippen LogP contribution in [0.25, 0.3) is 22.0 Å². The summed E-state index contributed by atoms with van der Waals surface area (Å²) in [5.41, 5.74) is 2.03. The molecule has 0 N–H and O–H groups in total. The normalized spacial score (nSPS) is 21.5. The van der Waals surface area contributed by atoms with E-state index in [1.165, 1.54) is 12.5 Å². The molecule has 4 atom stereocenters. The molecule has 0 amide bonds. The number of alkyl halides is 5. The van der Waals surface area contributed by atoms with Crippen molar-refractivity contribution >= 4 is 16.9 Å². The van der Waals surface area contributed by atoms with Gasteiger partial charge in [0.25, 0.3) is 0 Å². The van der Waals surface area contributed by atoms with Gasteiger partial charge in [0, 0.05) is 36.2 Å². The first-order valence-corrected chi connectivity index (χ1v) is 14.9. The monoisotopic (exact) mass is 615 g/mol. The molecule has 0 radical (unpaired) electrons. The Hall–Kier alpha value is -3.80. The second-order valence-electron chi connectivity index (χ2n) is 11.6. The standard InChI is InChI=1S/C32H34F5N5O2/c1-4-40-11-10-22(26(34)16-40)19-6-8-20(9-7-19)23-13-25(32(35,36)37)24-15-42(39-28(24)18(23)3)30(31(43)44-5-2)29-27-12-21(33)14-41(27)17-38-29/h6-9,13,15,17,21-22,26,30H,4-5,10-12,14,16H2,1-3H3/t21-,22-,26+,30?/m1/s1. The SMILES string of the molecule is CCOC(=O)C(c1ncn2c1C[C@@H](F)C2)n1cc2c(C(F)(F)F)cc(-c3ccc([C@H]4CCN(CC)C[C@@H]4F)cc3)c(C)c2n1. The number of carbonyl (C=O) groups is 1. The van der Waals surface area contributed by atoms with Crippen LogP contribution in [0.3, 0.4) is 0 Å². The Kier molecular flexibility index (Phi) is 7.98. The first-order chi connectivity index (χ1) is 21.0. The van der Waals surface area contributed by atoms with Gasteiger partial charge < -0.3 is 14.2 Å². The van der Waals surface area contributed by atoms with Gasteiger partial charge in [-0.15, -0.1) is 0 Å². The number of aromatic nitrogens is 4. The van der Waals surface area contributed by atoms with Crippen LogP contribution in [0.15, 0.2) is 42.9 Å². The Bertz CT molecular complexity index is 1680. The molecule has 4 heterocycles. The number of esters is 1. The summed E-state index contributed by atoms with van der Waals surface area (Å²) in [4.78, 5) is 19.6. The van der Waals surface area contributed by atoms with E-state index >= 15 is 0 Å². The highest BCUT2D eigenvalue weighted by Gasteiger charge is 2.38. The average Bonchev–Trinajstić information content (AvgIpc) is 3.68. The average molecular weight is 616 g/mol. The number of carbonyl (C=O) groups excluding carboxylic acids is 1. The first kappa shape index (κ1) is 30.2. The number of benzene rings is 2. The van der Waals surface area contributed by atoms with Gasteiger partial charge in [-0.05, 0) is 61.7 Å². The minimum atomic E-state index is -4.72. The number of likely N-dealkylation sites (tertiary alicyclic amines) is 1. The van der Waals surface area contributed by atoms with Crippen LogP contribution in [0.4, 0.5) is 22.0 Å². The van der Waals surface area contributed by atoms with Crippen molar-refractivity contribution in [2.75, 3.05) is 26.2 Å². The van der Waals surface area contributed by atoms with Crippen LogP contribution in [0.2, 0.25) is 0 Å². The maximum absolute atomic E-state index is 14.9. The van der Waals surface area contributed by atoms with Gasteiger partial charge in [-0.25, -0.2) is 18.6 Å². The van der Waals surface area contributed by atoms with Crippen LogP contribution in [0.1, 0.15) is 60.3 Å². The molecule has 0 spiro atoms. The molecule has 1 fully saturated rings. The summed E-state index contributed by atoms with van der Waals surface area (Å²) >= 11 is 0. The second-order valence-corrected chi connectivity index (χ2v) is 11.6. The fourth-order valence-electron chi connectivity index (χ4n) is 6.62. The smallest absolute Gasteiger partial charge is 0.417 e. The number of hydrogen-bond acceptors (Lipinski definition) is 5. The van der Waals surface area contributed by atoms with Crippen molar-refractivity contribution in [1.82, 2.24) is 24.2 Å². The fourth-order valence-corrected chi connectivity index (χ4v) is 6.62. The molecular formula is C32H34F5N5O2. The number of imidazole rings is 1. The number of aryl methyl sites for hydroxylation is 1. The summed E-state index contributed by atoms with van der Waals surface area (Å²) in [6, 6.07) is 6.83. The predicted octanol–water partition coefficient (Wildman–Crippen LogP) is 6.42. The van der Waals surface area contributed by atoms with Crippen LogP contribution in [0.5, 0.6) is 0 Å². The largest absolute Gasteiger partial charge is 0.464 e. The lowest BCUT2D eigenvalue weighted by Crippen LogP contribution is -2.40. The third kappa shape index (κ3) is 5.37. The van der Waals surface area contributed by atoms with Crippen molar-refractivity contribution in [1.29, 1.82) is 0 Å². The zero-order chi connectivity index (χ0) is 31.3. The zero-order valence-electron chi connectivity index (χ0n) is 24.7. The lowest BCUT2D eigenvalue weighted by Gasteiger charge is -2.34. The summed E-state index contributed by atoms with van der Waals surface area (Å²) in [6.07, 6.45) is -3.58. The van der Waals surface area contributed by atoms with Gasteiger partial charge in [0.05, 0.1) is 36.3 Å². The second kappa shape index (κ2) is 11.6. The van der Waals surface area contributed by atoms with E-state index in [2.05, 4.69) is 15.0 Å². The maximum Gasteiger partial charge on any atom is 0.417 e. The van der Waals surface area contributed by atoms with Crippen LogP contribution >= 0.6 is 0 Å². The quantitative estimate of drug-likeness (QED) is 0.177. The number of nitrogens with zero attached hydrogens (tertiary/aromatic N) is 5. The summed E-state index contributed by atoms with van der Waals surface area (Å²) in [7, 11) is 0. The maximum atomic E-state index is 14.9. The van der Waals surface area contributed by atoms with Crippen LogP contribution in [-0.4, -0.2) is 68.8 Å². The Morgan fingerprint density at radius 2 is 1.89 bits per heavy atom. The van der Waals surface area contributed by atoms with Gasteiger partial charge in [0.2, 0.25) is 0 Å². The molecule has 2 aliphatic heterocycles. The molecular weight excluding hydrogens is 581 g/mol. The molecule has 0 bridgehead atoms. The van der Waals surface area contributed by atoms with Crippen molar-refractivity contribution in [2.45, 2.75) is 70.6 Å². The highest BCUT2D eigenvalue weighted by Crippen LogP contribution is 2.42. The third-order valence-corrected chi connectivity index (χ3v) is 8.92. The molecule has 1 saturated heterocycles. The highest BCUT2D eigenvalue weighted by atomic mass is 19.4. The molecule has 4 aromatic rings. The van der Waals surface area contributed by atoms with Gasteiger partial charge in [0.15, 0.2) is 6.04 Å². The van der Waals surface area contributed by atoms with Crippen molar-refractivity contribution in [2.24, 2.45) is 0 Å². The van der Waals surface area contributed by atoms with Crippen LogP contribution < -0.4 is 0 Å². The van der Waals surface area contributed by atoms with E-state index in [0.29, 0.717) is 35.3 Å².